The maximum absolute atomic E-state index is 12.1. The first kappa shape index (κ1) is 22.0. The van der Waals surface area contributed by atoms with Crippen molar-refractivity contribution in [1.82, 2.24) is 18.9 Å². The lowest BCUT2D eigenvalue weighted by molar-refractivity contribution is 0.0998. The lowest BCUT2D eigenvalue weighted by Gasteiger charge is -2.21. The summed E-state index contributed by atoms with van der Waals surface area (Å²) in [4.78, 5) is 16.4. The van der Waals surface area contributed by atoms with E-state index in [1.54, 1.807) is 30.1 Å². The number of carbonyl (C=O) groups is 1. The third-order valence-electron chi connectivity index (χ3n) is 5.52. The van der Waals surface area contributed by atoms with E-state index in [9.17, 15) is 13.2 Å². The van der Waals surface area contributed by atoms with Crippen LogP contribution in [0.25, 0.3) is 16.6 Å². The highest BCUT2D eigenvalue weighted by Crippen LogP contribution is 2.30. The van der Waals surface area contributed by atoms with Crippen LogP contribution in [0.3, 0.4) is 0 Å². The fourth-order valence-electron chi connectivity index (χ4n) is 3.80. The summed E-state index contributed by atoms with van der Waals surface area (Å²) in [5, 5.41) is 7.60. The second-order valence-corrected chi connectivity index (χ2v) is 9.53. The molecule has 2 atom stereocenters. The molecule has 4 rings (SSSR count). The fraction of sp³-hybridized carbons (Fsp3) is 0.350. The molecule has 1 fully saturated rings. The van der Waals surface area contributed by atoms with Gasteiger partial charge in [-0.05, 0) is 12.1 Å². The summed E-state index contributed by atoms with van der Waals surface area (Å²) in [5.74, 6) is -0.153. The Morgan fingerprint density at radius 1 is 1.22 bits per heavy atom. The molecule has 12 heteroatoms. The number of carbonyl (C=O) groups excluding carboxylic acids is 1. The largest absolute Gasteiger partial charge is 0.481 e. The van der Waals surface area contributed by atoms with Gasteiger partial charge in [-0.15, -0.1) is 0 Å². The summed E-state index contributed by atoms with van der Waals surface area (Å²) in [7, 11) is -0.324. The Balaban J connectivity index is 1.75. The number of nitrogens with two attached hydrogens (primary N) is 1. The summed E-state index contributed by atoms with van der Waals surface area (Å²) in [6.45, 7) is 0.407. The standard InChI is InChI=1S/C20H24N6O5S/c1-30-17-11-25(32(3,28)29)10-15(17)24-19-14(20(21)27)8-23-26-9-13(6-16(19)26)12-4-5-18(31-2)22-7-12/h4-9,15,17,24H,10-11H2,1-3H3,(H2,21,27). The normalized spacial score (nSPS) is 19.3. The molecule has 4 heterocycles. The molecule has 2 unspecified atom stereocenters. The molecule has 0 bridgehead atoms. The number of anilines is 1. The van der Waals surface area contributed by atoms with Crippen LogP contribution in [0.2, 0.25) is 0 Å². The van der Waals surface area contributed by atoms with Crippen molar-refractivity contribution in [1.29, 1.82) is 0 Å². The summed E-state index contributed by atoms with van der Waals surface area (Å²) in [6.07, 6.45) is 5.62. The van der Waals surface area contributed by atoms with E-state index in [1.807, 2.05) is 12.1 Å². The van der Waals surface area contributed by atoms with Crippen molar-refractivity contribution in [3.8, 4) is 17.0 Å². The quantitative estimate of drug-likeness (QED) is 0.521. The zero-order valence-corrected chi connectivity index (χ0v) is 18.7. The first-order chi connectivity index (χ1) is 15.2. The van der Waals surface area contributed by atoms with Crippen LogP contribution in [-0.4, -0.2) is 78.9 Å². The number of primary amides is 1. The number of pyridine rings is 1. The average Bonchev–Trinajstić information content (AvgIpc) is 3.38. The average molecular weight is 461 g/mol. The number of amides is 1. The molecule has 3 aromatic heterocycles. The minimum atomic E-state index is -3.39. The third-order valence-corrected chi connectivity index (χ3v) is 6.75. The Morgan fingerprint density at radius 3 is 2.59 bits per heavy atom. The summed E-state index contributed by atoms with van der Waals surface area (Å²) in [5.41, 5.74) is 8.53. The van der Waals surface area contributed by atoms with Gasteiger partial charge in [-0.25, -0.2) is 17.9 Å². The molecule has 3 N–H and O–H groups in total. The SMILES string of the molecule is COc1ccc(-c2cc3c(NC4CN(S(C)(=O)=O)CC4OC)c(C(N)=O)cnn3c2)cn1. The molecule has 1 aliphatic rings. The number of hydrogen-bond acceptors (Lipinski definition) is 8. The first-order valence-electron chi connectivity index (χ1n) is 9.77. The number of fused-ring (bicyclic) bond motifs is 1. The molecule has 11 nitrogen and oxygen atoms in total. The van der Waals surface area contributed by atoms with Crippen molar-refractivity contribution in [2.75, 3.05) is 38.9 Å². The molecule has 0 spiro atoms. The van der Waals surface area contributed by atoms with E-state index in [0.29, 0.717) is 17.1 Å². The second kappa shape index (κ2) is 8.37. The minimum Gasteiger partial charge on any atom is -0.481 e. The Kier molecular flexibility index (Phi) is 5.75. The van der Waals surface area contributed by atoms with E-state index in [-0.39, 0.29) is 24.7 Å². The van der Waals surface area contributed by atoms with Gasteiger partial charge in [-0.2, -0.15) is 9.40 Å². The molecule has 32 heavy (non-hydrogen) atoms. The van der Waals surface area contributed by atoms with E-state index in [1.165, 1.54) is 17.6 Å². The highest BCUT2D eigenvalue weighted by molar-refractivity contribution is 7.88. The van der Waals surface area contributed by atoms with Crippen molar-refractivity contribution in [3.05, 3.63) is 42.4 Å². The van der Waals surface area contributed by atoms with E-state index < -0.39 is 22.0 Å². The molecule has 170 valence electrons. The van der Waals surface area contributed by atoms with Gasteiger partial charge >= 0.3 is 0 Å². The van der Waals surface area contributed by atoms with Crippen molar-refractivity contribution < 1.29 is 22.7 Å². The fourth-order valence-corrected chi connectivity index (χ4v) is 4.65. The maximum Gasteiger partial charge on any atom is 0.252 e. The van der Waals surface area contributed by atoms with Gasteiger partial charge in [-0.1, -0.05) is 0 Å². The zero-order valence-electron chi connectivity index (χ0n) is 17.8. The van der Waals surface area contributed by atoms with Crippen LogP contribution < -0.4 is 15.8 Å². The van der Waals surface area contributed by atoms with Crippen LogP contribution in [0, 0.1) is 0 Å². The molecule has 1 saturated heterocycles. The van der Waals surface area contributed by atoms with Gasteiger partial charge < -0.3 is 20.5 Å². The lowest BCUT2D eigenvalue weighted by atomic mass is 10.1. The number of methoxy groups -OCH3 is 2. The molecular weight excluding hydrogens is 436 g/mol. The van der Waals surface area contributed by atoms with E-state index in [4.69, 9.17) is 15.2 Å². The van der Waals surface area contributed by atoms with Crippen LogP contribution in [0.1, 0.15) is 10.4 Å². The van der Waals surface area contributed by atoms with Crippen molar-refractivity contribution in [3.63, 3.8) is 0 Å². The molecule has 3 aromatic rings. The smallest absolute Gasteiger partial charge is 0.252 e. The summed E-state index contributed by atoms with van der Waals surface area (Å²) >= 11 is 0. The molecule has 1 aliphatic heterocycles. The number of hydrogen-bond donors (Lipinski definition) is 2. The van der Waals surface area contributed by atoms with Crippen LogP contribution in [0.4, 0.5) is 5.69 Å². The van der Waals surface area contributed by atoms with E-state index >= 15 is 0 Å². The van der Waals surface area contributed by atoms with Crippen LogP contribution >= 0.6 is 0 Å². The minimum absolute atomic E-state index is 0.194. The third kappa shape index (κ3) is 4.11. The number of aromatic nitrogens is 3. The Bertz CT molecular complexity index is 1260. The van der Waals surface area contributed by atoms with E-state index in [0.717, 1.165) is 17.4 Å². The molecule has 0 aromatic carbocycles. The van der Waals surface area contributed by atoms with Gasteiger partial charge in [0.2, 0.25) is 15.9 Å². The zero-order chi connectivity index (χ0) is 23.0. The highest BCUT2D eigenvalue weighted by atomic mass is 32.2. The van der Waals surface area contributed by atoms with Gasteiger partial charge in [0.25, 0.3) is 5.91 Å². The molecule has 0 saturated carbocycles. The summed E-state index contributed by atoms with van der Waals surface area (Å²) < 4.78 is 37.6. The van der Waals surface area contributed by atoms with Crippen LogP contribution in [0.5, 0.6) is 5.88 Å². The monoisotopic (exact) mass is 460 g/mol. The van der Waals surface area contributed by atoms with Crippen molar-refractivity contribution in [2.45, 2.75) is 12.1 Å². The van der Waals surface area contributed by atoms with Crippen LogP contribution in [0.15, 0.2) is 36.8 Å². The van der Waals surface area contributed by atoms with Gasteiger partial charge in [0.1, 0.15) is 0 Å². The van der Waals surface area contributed by atoms with Crippen molar-refractivity contribution in [2.24, 2.45) is 5.73 Å². The lowest BCUT2D eigenvalue weighted by Crippen LogP contribution is -2.35. The number of sulfonamides is 1. The van der Waals surface area contributed by atoms with Gasteiger partial charge in [0, 0.05) is 49.8 Å². The molecule has 0 radical (unpaired) electrons. The maximum atomic E-state index is 12.1. The highest BCUT2D eigenvalue weighted by Gasteiger charge is 2.38. The van der Waals surface area contributed by atoms with Crippen LogP contribution in [-0.2, 0) is 14.8 Å². The van der Waals surface area contributed by atoms with Gasteiger partial charge in [0.15, 0.2) is 0 Å². The van der Waals surface area contributed by atoms with Gasteiger partial charge in [0.05, 0.1) is 48.5 Å². The number of nitrogens with one attached hydrogen (secondary N) is 1. The predicted molar refractivity (Wildman–Crippen MR) is 118 cm³/mol. The molecular formula is C20H24N6O5S. The Labute approximate surface area is 185 Å². The first-order valence-corrected chi connectivity index (χ1v) is 11.6. The van der Waals surface area contributed by atoms with Gasteiger partial charge in [-0.3, -0.25) is 4.79 Å². The molecule has 1 amide bonds. The Hall–Kier alpha value is -3.22. The van der Waals surface area contributed by atoms with E-state index in [2.05, 4.69) is 15.4 Å². The summed E-state index contributed by atoms with van der Waals surface area (Å²) in [6, 6.07) is 5.08. The predicted octanol–water partition coefficient (Wildman–Crippen LogP) is 0.575. The number of nitrogens with zero attached hydrogens (tertiary/aromatic N) is 4. The number of ether oxygens (including phenoxy) is 2. The second-order valence-electron chi connectivity index (χ2n) is 7.55. The number of rotatable bonds is 7. The van der Waals surface area contributed by atoms with Crippen molar-refractivity contribution >= 4 is 27.1 Å². The topological polar surface area (TPSA) is 141 Å². The Morgan fingerprint density at radius 2 is 2.00 bits per heavy atom. The molecule has 0 aliphatic carbocycles.